The standard InChI is InChI=1S/C18H28N2/c1-14-10-17-4-2-3-5-18(17)20(12-14)13-16-8-6-15(11-19)7-9-16/h2-5,14-16H,6-13,19H2,1H3. The molecule has 3 rings (SSSR count). The molecule has 1 aliphatic heterocycles. The van der Waals surface area contributed by atoms with E-state index < -0.39 is 0 Å². The Balaban J connectivity index is 1.66. The second-order valence-electron chi connectivity index (χ2n) is 6.97. The van der Waals surface area contributed by atoms with Gasteiger partial charge in [-0.25, -0.2) is 0 Å². The van der Waals surface area contributed by atoms with Crippen molar-refractivity contribution in [2.45, 2.75) is 39.0 Å². The summed E-state index contributed by atoms with van der Waals surface area (Å²) >= 11 is 0. The van der Waals surface area contributed by atoms with E-state index in [4.69, 9.17) is 5.73 Å². The first-order chi connectivity index (χ1) is 9.76. The van der Waals surface area contributed by atoms with Gasteiger partial charge < -0.3 is 10.6 Å². The lowest BCUT2D eigenvalue weighted by Crippen LogP contribution is -2.39. The molecule has 0 radical (unpaired) electrons. The fraction of sp³-hybridized carbons (Fsp3) is 0.667. The van der Waals surface area contributed by atoms with Gasteiger partial charge in [0.05, 0.1) is 0 Å². The lowest BCUT2D eigenvalue weighted by Gasteiger charge is -2.39. The highest BCUT2D eigenvalue weighted by Gasteiger charge is 2.26. The number of benzene rings is 1. The minimum atomic E-state index is 0.783. The largest absolute Gasteiger partial charge is 0.371 e. The molecule has 2 heteroatoms. The van der Waals surface area contributed by atoms with Crippen LogP contribution < -0.4 is 10.6 Å². The van der Waals surface area contributed by atoms with Gasteiger partial charge in [0.1, 0.15) is 0 Å². The van der Waals surface area contributed by atoms with Crippen LogP contribution in [0.4, 0.5) is 5.69 Å². The molecule has 0 amide bonds. The highest BCUT2D eigenvalue weighted by molar-refractivity contribution is 5.55. The van der Waals surface area contributed by atoms with Crippen LogP contribution in [-0.2, 0) is 6.42 Å². The van der Waals surface area contributed by atoms with Crippen molar-refractivity contribution in [2.75, 3.05) is 24.5 Å². The summed E-state index contributed by atoms with van der Waals surface area (Å²) < 4.78 is 0. The number of nitrogens with two attached hydrogens (primary N) is 1. The summed E-state index contributed by atoms with van der Waals surface area (Å²) in [6.45, 7) is 5.75. The molecule has 0 spiro atoms. The minimum absolute atomic E-state index is 0.783. The third kappa shape index (κ3) is 3.01. The molecule has 110 valence electrons. The molecule has 2 aliphatic rings. The van der Waals surface area contributed by atoms with Gasteiger partial charge in [-0.2, -0.15) is 0 Å². The molecular weight excluding hydrogens is 244 g/mol. The molecule has 2 N–H and O–H groups in total. The fourth-order valence-corrected chi connectivity index (χ4v) is 4.04. The van der Waals surface area contributed by atoms with Crippen molar-refractivity contribution in [1.82, 2.24) is 0 Å². The predicted octanol–water partition coefficient (Wildman–Crippen LogP) is 3.45. The highest BCUT2D eigenvalue weighted by atomic mass is 15.1. The van der Waals surface area contributed by atoms with Crippen molar-refractivity contribution in [1.29, 1.82) is 0 Å². The summed E-state index contributed by atoms with van der Waals surface area (Å²) in [6, 6.07) is 8.99. The van der Waals surface area contributed by atoms with Crippen LogP contribution >= 0.6 is 0 Å². The zero-order chi connectivity index (χ0) is 13.9. The molecular formula is C18H28N2. The van der Waals surface area contributed by atoms with Gasteiger partial charge in [-0.1, -0.05) is 25.1 Å². The Hall–Kier alpha value is -1.02. The van der Waals surface area contributed by atoms with E-state index in [0.29, 0.717) is 0 Å². The van der Waals surface area contributed by atoms with Crippen LogP contribution in [0.25, 0.3) is 0 Å². The van der Waals surface area contributed by atoms with Gasteiger partial charge in [0.2, 0.25) is 0 Å². The summed E-state index contributed by atoms with van der Waals surface area (Å²) in [5, 5.41) is 0. The minimum Gasteiger partial charge on any atom is -0.371 e. The SMILES string of the molecule is CC1Cc2ccccc2N(CC2CCC(CN)CC2)C1. The number of hydrogen-bond acceptors (Lipinski definition) is 2. The first-order valence-corrected chi connectivity index (χ1v) is 8.29. The molecule has 1 aliphatic carbocycles. The van der Waals surface area contributed by atoms with E-state index in [9.17, 15) is 0 Å². The summed E-state index contributed by atoms with van der Waals surface area (Å²) in [5.41, 5.74) is 8.84. The molecule has 1 fully saturated rings. The first kappa shape index (κ1) is 13.9. The molecule has 1 aromatic rings. The summed E-state index contributed by atoms with van der Waals surface area (Å²) in [5.74, 6) is 2.44. The molecule has 1 aromatic carbocycles. The quantitative estimate of drug-likeness (QED) is 0.913. The molecule has 1 atom stereocenters. The zero-order valence-electron chi connectivity index (χ0n) is 12.7. The van der Waals surface area contributed by atoms with Crippen molar-refractivity contribution in [3.05, 3.63) is 29.8 Å². The summed E-state index contributed by atoms with van der Waals surface area (Å²) in [4.78, 5) is 2.65. The average molecular weight is 272 g/mol. The highest BCUT2D eigenvalue weighted by Crippen LogP contribution is 2.34. The monoisotopic (exact) mass is 272 g/mol. The van der Waals surface area contributed by atoms with Crippen LogP contribution in [0.3, 0.4) is 0 Å². The van der Waals surface area contributed by atoms with Gasteiger partial charge in [-0.3, -0.25) is 0 Å². The lowest BCUT2D eigenvalue weighted by molar-refractivity contribution is 0.278. The fourth-order valence-electron chi connectivity index (χ4n) is 4.04. The number of rotatable bonds is 3. The average Bonchev–Trinajstić information content (AvgIpc) is 2.48. The summed E-state index contributed by atoms with van der Waals surface area (Å²) in [6.07, 6.45) is 6.66. The Labute approximate surface area is 123 Å². The van der Waals surface area contributed by atoms with Crippen LogP contribution in [0.1, 0.15) is 38.2 Å². The topological polar surface area (TPSA) is 29.3 Å². The molecule has 2 nitrogen and oxygen atoms in total. The number of fused-ring (bicyclic) bond motifs is 1. The number of para-hydroxylation sites is 1. The lowest BCUT2D eigenvalue weighted by atomic mass is 9.81. The molecule has 1 heterocycles. The predicted molar refractivity (Wildman–Crippen MR) is 86.0 cm³/mol. The Kier molecular flexibility index (Phi) is 4.30. The van der Waals surface area contributed by atoms with Crippen LogP contribution in [0, 0.1) is 17.8 Å². The van der Waals surface area contributed by atoms with Crippen LogP contribution in [0.15, 0.2) is 24.3 Å². The van der Waals surface area contributed by atoms with E-state index in [0.717, 1.165) is 24.3 Å². The van der Waals surface area contributed by atoms with Crippen molar-refractivity contribution in [2.24, 2.45) is 23.5 Å². The Bertz CT molecular complexity index is 435. The second-order valence-corrected chi connectivity index (χ2v) is 6.97. The maximum atomic E-state index is 5.80. The first-order valence-electron chi connectivity index (χ1n) is 8.29. The summed E-state index contributed by atoms with van der Waals surface area (Å²) in [7, 11) is 0. The van der Waals surface area contributed by atoms with Crippen molar-refractivity contribution >= 4 is 5.69 Å². The number of hydrogen-bond donors (Lipinski definition) is 1. The maximum absolute atomic E-state index is 5.80. The van der Waals surface area contributed by atoms with Gasteiger partial charge in [0, 0.05) is 18.8 Å². The van der Waals surface area contributed by atoms with Gasteiger partial charge >= 0.3 is 0 Å². The van der Waals surface area contributed by atoms with E-state index in [1.807, 2.05) is 0 Å². The normalized spacial score (nSPS) is 30.1. The van der Waals surface area contributed by atoms with Crippen LogP contribution in [0.2, 0.25) is 0 Å². The van der Waals surface area contributed by atoms with Crippen molar-refractivity contribution in [3.8, 4) is 0 Å². The van der Waals surface area contributed by atoms with E-state index >= 15 is 0 Å². The van der Waals surface area contributed by atoms with Crippen LogP contribution in [-0.4, -0.2) is 19.6 Å². The molecule has 1 unspecified atom stereocenters. The zero-order valence-corrected chi connectivity index (χ0v) is 12.7. The molecule has 1 saturated carbocycles. The van der Waals surface area contributed by atoms with Crippen molar-refractivity contribution < 1.29 is 0 Å². The molecule has 0 saturated heterocycles. The van der Waals surface area contributed by atoms with E-state index in [1.54, 1.807) is 5.56 Å². The number of nitrogens with zero attached hydrogens (tertiary/aromatic N) is 1. The Morgan fingerprint density at radius 1 is 1.10 bits per heavy atom. The van der Waals surface area contributed by atoms with E-state index in [1.165, 1.54) is 50.9 Å². The van der Waals surface area contributed by atoms with Gasteiger partial charge in [0.15, 0.2) is 0 Å². The van der Waals surface area contributed by atoms with E-state index in [-0.39, 0.29) is 0 Å². The van der Waals surface area contributed by atoms with Crippen molar-refractivity contribution in [3.63, 3.8) is 0 Å². The van der Waals surface area contributed by atoms with Gasteiger partial charge in [-0.05, 0) is 68.0 Å². The van der Waals surface area contributed by atoms with Crippen LogP contribution in [0.5, 0.6) is 0 Å². The smallest absolute Gasteiger partial charge is 0.0399 e. The third-order valence-electron chi connectivity index (χ3n) is 5.21. The van der Waals surface area contributed by atoms with Gasteiger partial charge in [0.25, 0.3) is 0 Å². The Morgan fingerprint density at radius 2 is 1.80 bits per heavy atom. The number of anilines is 1. The maximum Gasteiger partial charge on any atom is 0.0399 e. The second kappa shape index (κ2) is 6.17. The molecule has 0 aromatic heterocycles. The van der Waals surface area contributed by atoms with Gasteiger partial charge in [-0.15, -0.1) is 0 Å². The molecule has 0 bridgehead atoms. The molecule has 20 heavy (non-hydrogen) atoms. The third-order valence-corrected chi connectivity index (χ3v) is 5.21. The van der Waals surface area contributed by atoms with E-state index in [2.05, 4.69) is 36.1 Å². The Morgan fingerprint density at radius 3 is 2.55 bits per heavy atom.